The molecular formula is C9H7NO3. The highest BCUT2D eigenvalue weighted by Crippen LogP contribution is 2.19. The molecule has 13 heavy (non-hydrogen) atoms. The summed E-state index contributed by atoms with van der Waals surface area (Å²) >= 11 is 0. The lowest BCUT2D eigenvalue weighted by molar-refractivity contribution is 0.389. The van der Waals surface area contributed by atoms with Crippen LogP contribution in [0.5, 0.6) is 0 Å². The van der Waals surface area contributed by atoms with Crippen LogP contribution in [0, 0.1) is 0 Å². The quantitative estimate of drug-likeness (QED) is 0.513. The average molecular weight is 177 g/mol. The lowest BCUT2D eigenvalue weighted by Gasteiger charge is -2.01. The second-order valence-electron chi connectivity index (χ2n) is 2.59. The molecule has 0 spiro atoms. The van der Waals surface area contributed by atoms with Crippen LogP contribution in [0.2, 0.25) is 0 Å². The molecule has 2 aromatic rings. The monoisotopic (exact) mass is 177 g/mol. The van der Waals surface area contributed by atoms with Gasteiger partial charge in [-0.3, -0.25) is 10.7 Å². The average Bonchev–Trinajstić information content (AvgIpc) is 2.16. The Morgan fingerprint density at radius 3 is 2.85 bits per heavy atom. The highest BCUT2D eigenvalue weighted by Gasteiger charge is 2.02. The Morgan fingerprint density at radius 1 is 1.31 bits per heavy atom. The Kier molecular flexibility index (Phi) is 1.75. The summed E-state index contributed by atoms with van der Waals surface area (Å²) in [7, 11) is 0. The van der Waals surface area contributed by atoms with Crippen LogP contribution in [0.4, 0.5) is 5.69 Å². The molecule has 2 N–H and O–H groups in total. The van der Waals surface area contributed by atoms with Gasteiger partial charge in [-0.2, -0.15) is 0 Å². The van der Waals surface area contributed by atoms with E-state index in [4.69, 9.17) is 9.62 Å². The number of para-hydroxylation sites is 1. The van der Waals surface area contributed by atoms with Gasteiger partial charge in [-0.1, -0.05) is 12.1 Å². The molecule has 0 fully saturated rings. The van der Waals surface area contributed by atoms with Gasteiger partial charge in [0.15, 0.2) is 0 Å². The van der Waals surface area contributed by atoms with Crippen molar-refractivity contribution in [3.05, 3.63) is 40.8 Å². The van der Waals surface area contributed by atoms with E-state index in [-0.39, 0.29) is 0 Å². The number of benzene rings is 1. The Balaban J connectivity index is 2.89. The van der Waals surface area contributed by atoms with Crippen LogP contribution >= 0.6 is 0 Å². The molecule has 0 radical (unpaired) electrons. The Morgan fingerprint density at radius 2 is 2.08 bits per heavy atom. The van der Waals surface area contributed by atoms with Gasteiger partial charge in [-0.05, 0) is 12.1 Å². The van der Waals surface area contributed by atoms with E-state index in [0.717, 1.165) is 0 Å². The fourth-order valence-corrected chi connectivity index (χ4v) is 1.20. The number of hydrogen-bond donors (Lipinski definition) is 2. The molecule has 0 aliphatic rings. The van der Waals surface area contributed by atoms with Gasteiger partial charge < -0.3 is 4.42 Å². The maximum absolute atomic E-state index is 10.9. The molecule has 1 aromatic heterocycles. The van der Waals surface area contributed by atoms with Gasteiger partial charge in [0.2, 0.25) is 0 Å². The third-order valence-corrected chi connectivity index (χ3v) is 1.77. The molecule has 1 aromatic carbocycles. The summed E-state index contributed by atoms with van der Waals surface area (Å²) in [4.78, 5) is 10.9. The molecule has 0 amide bonds. The number of rotatable bonds is 1. The van der Waals surface area contributed by atoms with E-state index in [1.807, 2.05) is 5.48 Å². The predicted molar refractivity (Wildman–Crippen MR) is 47.9 cm³/mol. The molecule has 2 rings (SSSR count). The molecule has 0 unspecified atom stereocenters. The molecular weight excluding hydrogens is 170 g/mol. The summed E-state index contributed by atoms with van der Waals surface area (Å²) < 4.78 is 4.90. The van der Waals surface area contributed by atoms with Crippen LogP contribution in [0.1, 0.15) is 0 Å². The minimum atomic E-state index is -0.491. The topological polar surface area (TPSA) is 62.5 Å². The van der Waals surface area contributed by atoms with E-state index in [0.29, 0.717) is 16.7 Å². The first kappa shape index (κ1) is 7.82. The lowest BCUT2D eigenvalue weighted by Crippen LogP contribution is -2.00. The first-order valence-corrected chi connectivity index (χ1v) is 3.74. The van der Waals surface area contributed by atoms with Crippen LogP contribution in [-0.2, 0) is 0 Å². The van der Waals surface area contributed by atoms with Crippen LogP contribution in [0.15, 0.2) is 39.5 Å². The van der Waals surface area contributed by atoms with Crippen molar-refractivity contribution in [1.82, 2.24) is 0 Å². The molecule has 4 heteroatoms. The predicted octanol–water partition coefficient (Wildman–Crippen LogP) is 1.59. The fourth-order valence-electron chi connectivity index (χ4n) is 1.20. The molecule has 0 aliphatic heterocycles. The second-order valence-corrected chi connectivity index (χ2v) is 2.59. The molecule has 0 bridgehead atoms. The Hall–Kier alpha value is -1.81. The molecule has 0 atom stereocenters. The van der Waals surface area contributed by atoms with Crippen LogP contribution < -0.4 is 11.1 Å². The number of fused-ring (bicyclic) bond motifs is 1. The zero-order chi connectivity index (χ0) is 9.26. The third-order valence-electron chi connectivity index (χ3n) is 1.77. The summed E-state index contributed by atoms with van der Waals surface area (Å²) in [6.07, 6.45) is 0. The van der Waals surface area contributed by atoms with Gasteiger partial charge in [-0.15, -0.1) is 0 Å². The largest absolute Gasteiger partial charge is 0.423 e. The minimum absolute atomic E-state index is 0.354. The molecule has 0 saturated carbocycles. The van der Waals surface area contributed by atoms with E-state index in [9.17, 15) is 4.79 Å². The summed E-state index contributed by atoms with van der Waals surface area (Å²) in [5, 5.41) is 9.40. The van der Waals surface area contributed by atoms with E-state index >= 15 is 0 Å². The first-order chi connectivity index (χ1) is 6.31. The van der Waals surface area contributed by atoms with Crippen LogP contribution in [0.25, 0.3) is 11.0 Å². The second kappa shape index (κ2) is 2.91. The number of nitrogens with one attached hydrogen (secondary N) is 1. The zero-order valence-electron chi connectivity index (χ0n) is 6.65. The maximum Gasteiger partial charge on any atom is 0.338 e. The van der Waals surface area contributed by atoms with Gasteiger partial charge in [-0.25, -0.2) is 4.79 Å². The smallest absolute Gasteiger partial charge is 0.338 e. The van der Waals surface area contributed by atoms with E-state index in [1.165, 1.54) is 6.07 Å². The highest BCUT2D eigenvalue weighted by atomic mass is 16.5. The van der Waals surface area contributed by atoms with Crippen molar-refractivity contribution in [1.29, 1.82) is 0 Å². The first-order valence-electron chi connectivity index (χ1n) is 3.74. The fraction of sp³-hybridized carbons (Fsp3) is 0. The lowest BCUT2D eigenvalue weighted by atomic mass is 10.2. The molecule has 4 nitrogen and oxygen atoms in total. The maximum atomic E-state index is 10.9. The summed E-state index contributed by atoms with van der Waals surface area (Å²) in [6.45, 7) is 0. The zero-order valence-corrected chi connectivity index (χ0v) is 6.65. The molecule has 66 valence electrons. The van der Waals surface area contributed by atoms with Crippen LogP contribution in [-0.4, -0.2) is 5.21 Å². The minimum Gasteiger partial charge on any atom is -0.423 e. The summed E-state index contributed by atoms with van der Waals surface area (Å²) in [5.74, 6) is 0. The molecule has 0 saturated heterocycles. The van der Waals surface area contributed by atoms with Gasteiger partial charge in [0.05, 0.1) is 5.69 Å². The normalized spacial score (nSPS) is 10.2. The number of anilines is 1. The van der Waals surface area contributed by atoms with Crippen molar-refractivity contribution in [3.63, 3.8) is 0 Å². The molecule has 0 aliphatic carbocycles. The van der Waals surface area contributed by atoms with E-state index in [2.05, 4.69) is 0 Å². The van der Waals surface area contributed by atoms with E-state index in [1.54, 1.807) is 24.3 Å². The van der Waals surface area contributed by atoms with Crippen LogP contribution in [0.3, 0.4) is 0 Å². The summed E-state index contributed by atoms with van der Waals surface area (Å²) in [6, 6.07) is 8.16. The van der Waals surface area contributed by atoms with Gasteiger partial charge in [0.1, 0.15) is 5.58 Å². The van der Waals surface area contributed by atoms with Crippen molar-refractivity contribution in [2.75, 3.05) is 5.48 Å². The van der Waals surface area contributed by atoms with Gasteiger partial charge in [0, 0.05) is 11.5 Å². The van der Waals surface area contributed by atoms with E-state index < -0.39 is 5.63 Å². The van der Waals surface area contributed by atoms with Gasteiger partial charge >= 0.3 is 5.63 Å². The van der Waals surface area contributed by atoms with Crippen molar-refractivity contribution < 1.29 is 9.62 Å². The van der Waals surface area contributed by atoms with Crippen molar-refractivity contribution in [2.45, 2.75) is 0 Å². The number of hydrogen-bond acceptors (Lipinski definition) is 4. The Bertz CT molecular complexity index is 489. The SMILES string of the molecule is O=c1cc(NO)c2ccccc2o1. The molecule has 1 heterocycles. The van der Waals surface area contributed by atoms with Crippen molar-refractivity contribution in [3.8, 4) is 0 Å². The van der Waals surface area contributed by atoms with Crippen molar-refractivity contribution >= 4 is 16.7 Å². The van der Waals surface area contributed by atoms with Crippen molar-refractivity contribution in [2.24, 2.45) is 0 Å². The Labute approximate surface area is 73.4 Å². The summed E-state index contributed by atoms with van der Waals surface area (Å²) in [5.41, 5.74) is 2.26. The van der Waals surface area contributed by atoms with Gasteiger partial charge in [0.25, 0.3) is 0 Å². The standard InChI is InChI=1S/C9H7NO3/c11-9-5-7(10-12)6-3-1-2-4-8(6)13-9/h1-5,10,12H. The highest BCUT2D eigenvalue weighted by molar-refractivity contribution is 5.88. The third kappa shape index (κ3) is 1.27.